The van der Waals surface area contributed by atoms with E-state index in [4.69, 9.17) is 9.47 Å². The van der Waals surface area contributed by atoms with Crippen molar-refractivity contribution in [2.75, 3.05) is 13.2 Å². The molecule has 0 radical (unpaired) electrons. The molecule has 1 aliphatic rings. The van der Waals surface area contributed by atoms with E-state index in [1.807, 2.05) is 0 Å². The molecule has 1 aromatic rings. The van der Waals surface area contributed by atoms with Crippen molar-refractivity contribution in [2.45, 2.75) is 6.10 Å². The van der Waals surface area contributed by atoms with Crippen LogP contribution in [0.3, 0.4) is 0 Å². The number of carbonyl (C=O) groups is 1. The van der Waals surface area contributed by atoms with E-state index in [2.05, 4.69) is 0 Å². The third-order valence-corrected chi connectivity index (χ3v) is 2.33. The first-order valence-electron chi connectivity index (χ1n) is 4.91. The van der Waals surface area contributed by atoms with E-state index in [0.29, 0.717) is 12.1 Å². The Morgan fingerprint density at radius 1 is 1.39 bits per heavy atom. The number of rotatable bonds is 3. The van der Waals surface area contributed by atoms with Gasteiger partial charge < -0.3 is 9.47 Å². The van der Waals surface area contributed by atoms with Crippen molar-refractivity contribution in [3.63, 3.8) is 0 Å². The zero-order chi connectivity index (χ0) is 13.3. The molecule has 0 bridgehead atoms. The standard InChI is InChI=1S/C10H7F2NO5/c11-7-2-9(13(15)16)8(12)1-6(7)10(14)18-5-3-17-4-5/h1-2,5H,3-4H2. The second kappa shape index (κ2) is 4.65. The van der Waals surface area contributed by atoms with Crippen LogP contribution < -0.4 is 0 Å². The fourth-order valence-corrected chi connectivity index (χ4v) is 1.33. The Morgan fingerprint density at radius 2 is 2.06 bits per heavy atom. The second-order valence-corrected chi connectivity index (χ2v) is 3.61. The van der Waals surface area contributed by atoms with Crippen molar-refractivity contribution in [1.82, 2.24) is 0 Å². The van der Waals surface area contributed by atoms with Crippen molar-refractivity contribution in [3.05, 3.63) is 39.4 Å². The molecule has 1 fully saturated rings. The van der Waals surface area contributed by atoms with Gasteiger partial charge in [0.1, 0.15) is 11.9 Å². The van der Waals surface area contributed by atoms with Gasteiger partial charge in [-0.3, -0.25) is 10.1 Å². The average Bonchev–Trinajstić information content (AvgIpc) is 2.25. The van der Waals surface area contributed by atoms with E-state index in [1.54, 1.807) is 0 Å². The number of nitro groups is 1. The number of carbonyl (C=O) groups excluding carboxylic acids is 1. The monoisotopic (exact) mass is 259 g/mol. The summed E-state index contributed by atoms with van der Waals surface area (Å²) in [5.41, 5.74) is -1.71. The summed E-state index contributed by atoms with van der Waals surface area (Å²) in [7, 11) is 0. The van der Waals surface area contributed by atoms with Crippen LogP contribution in [-0.2, 0) is 9.47 Å². The summed E-state index contributed by atoms with van der Waals surface area (Å²) in [5, 5.41) is 10.4. The molecule has 1 aliphatic heterocycles. The smallest absolute Gasteiger partial charge is 0.341 e. The molecular weight excluding hydrogens is 252 g/mol. The van der Waals surface area contributed by atoms with E-state index in [9.17, 15) is 23.7 Å². The highest BCUT2D eigenvalue weighted by atomic mass is 19.1. The lowest BCUT2D eigenvalue weighted by molar-refractivity contribution is -0.387. The Labute approximate surface area is 99.3 Å². The van der Waals surface area contributed by atoms with Crippen LogP contribution in [0, 0.1) is 21.7 Å². The van der Waals surface area contributed by atoms with Gasteiger partial charge in [-0.15, -0.1) is 0 Å². The molecule has 6 nitrogen and oxygen atoms in total. The first kappa shape index (κ1) is 12.4. The lowest BCUT2D eigenvalue weighted by atomic mass is 10.2. The van der Waals surface area contributed by atoms with E-state index in [-0.39, 0.29) is 13.2 Å². The van der Waals surface area contributed by atoms with E-state index in [1.165, 1.54) is 0 Å². The molecule has 1 heterocycles. The highest BCUT2D eigenvalue weighted by Crippen LogP contribution is 2.22. The van der Waals surface area contributed by atoms with Crippen LogP contribution in [-0.4, -0.2) is 30.2 Å². The van der Waals surface area contributed by atoms with Crippen molar-refractivity contribution < 1.29 is 28.0 Å². The minimum Gasteiger partial charge on any atom is -0.454 e. The number of nitrogens with zero attached hydrogens (tertiary/aromatic N) is 1. The fourth-order valence-electron chi connectivity index (χ4n) is 1.33. The van der Waals surface area contributed by atoms with Crippen LogP contribution in [0.25, 0.3) is 0 Å². The summed E-state index contributed by atoms with van der Waals surface area (Å²) >= 11 is 0. The topological polar surface area (TPSA) is 78.7 Å². The molecular formula is C10H7F2NO5. The number of halogens is 2. The van der Waals surface area contributed by atoms with Gasteiger partial charge in [0.05, 0.1) is 29.8 Å². The van der Waals surface area contributed by atoms with Gasteiger partial charge in [0.15, 0.2) is 0 Å². The summed E-state index contributed by atoms with van der Waals surface area (Å²) in [6.07, 6.45) is -0.491. The minimum atomic E-state index is -1.29. The van der Waals surface area contributed by atoms with Gasteiger partial charge in [0.25, 0.3) is 0 Å². The largest absolute Gasteiger partial charge is 0.454 e. The fraction of sp³-hybridized carbons (Fsp3) is 0.300. The van der Waals surface area contributed by atoms with Crippen LogP contribution in [0.5, 0.6) is 0 Å². The quantitative estimate of drug-likeness (QED) is 0.466. The van der Waals surface area contributed by atoms with Crippen molar-refractivity contribution >= 4 is 11.7 Å². The van der Waals surface area contributed by atoms with Crippen LogP contribution in [0.2, 0.25) is 0 Å². The Bertz CT molecular complexity index is 515. The van der Waals surface area contributed by atoms with Crippen molar-refractivity contribution in [3.8, 4) is 0 Å². The summed E-state index contributed by atoms with van der Waals surface area (Å²) in [6.45, 7) is 0.394. The van der Waals surface area contributed by atoms with Gasteiger partial charge in [0.2, 0.25) is 5.82 Å². The molecule has 8 heteroatoms. The number of nitro benzene ring substituents is 1. The van der Waals surface area contributed by atoms with Crippen LogP contribution in [0.15, 0.2) is 12.1 Å². The SMILES string of the molecule is O=C(OC1COC1)c1cc(F)c([N+](=O)[O-])cc1F. The first-order valence-corrected chi connectivity index (χ1v) is 4.91. The molecule has 0 atom stereocenters. The van der Waals surface area contributed by atoms with E-state index in [0.717, 1.165) is 0 Å². The summed E-state index contributed by atoms with van der Waals surface area (Å²) < 4.78 is 36.2. The molecule has 0 amide bonds. The van der Waals surface area contributed by atoms with E-state index >= 15 is 0 Å². The second-order valence-electron chi connectivity index (χ2n) is 3.61. The third-order valence-electron chi connectivity index (χ3n) is 2.33. The normalized spacial score (nSPS) is 15.0. The predicted octanol–water partition coefficient (Wildman–Crippen LogP) is 1.43. The molecule has 0 N–H and O–H groups in total. The molecule has 1 saturated heterocycles. The van der Waals surface area contributed by atoms with Crippen LogP contribution in [0.1, 0.15) is 10.4 Å². The molecule has 0 aromatic heterocycles. The van der Waals surface area contributed by atoms with Gasteiger partial charge in [-0.05, 0) is 6.07 Å². The Hall–Kier alpha value is -2.09. The predicted molar refractivity (Wildman–Crippen MR) is 53.0 cm³/mol. The lowest BCUT2D eigenvalue weighted by Crippen LogP contribution is -2.38. The van der Waals surface area contributed by atoms with E-state index < -0.39 is 39.9 Å². The van der Waals surface area contributed by atoms with Gasteiger partial charge >= 0.3 is 11.7 Å². The molecule has 0 spiro atoms. The van der Waals surface area contributed by atoms with Crippen LogP contribution in [0.4, 0.5) is 14.5 Å². The molecule has 0 unspecified atom stereocenters. The third kappa shape index (κ3) is 2.28. The Kier molecular flexibility index (Phi) is 3.19. The summed E-state index contributed by atoms with van der Waals surface area (Å²) in [4.78, 5) is 20.7. The van der Waals surface area contributed by atoms with Crippen molar-refractivity contribution in [1.29, 1.82) is 0 Å². The molecule has 0 saturated carbocycles. The molecule has 0 aliphatic carbocycles. The zero-order valence-corrected chi connectivity index (χ0v) is 8.89. The summed E-state index contributed by atoms with van der Waals surface area (Å²) in [6, 6.07) is 0.804. The van der Waals surface area contributed by atoms with Gasteiger partial charge in [0, 0.05) is 0 Å². The van der Waals surface area contributed by atoms with Crippen LogP contribution >= 0.6 is 0 Å². The van der Waals surface area contributed by atoms with Gasteiger partial charge in [-0.1, -0.05) is 0 Å². The minimum absolute atomic E-state index is 0.197. The first-order chi connectivity index (χ1) is 8.49. The number of ether oxygens (including phenoxy) is 2. The highest BCUT2D eigenvalue weighted by Gasteiger charge is 2.27. The molecule has 1 aromatic carbocycles. The number of benzene rings is 1. The summed E-state index contributed by atoms with van der Waals surface area (Å²) in [5.74, 6) is -3.57. The number of esters is 1. The number of hydrogen-bond donors (Lipinski definition) is 0. The maximum Gasteiger partial charge on any atom is 0.341 e. The molecule has 96 valence electrons. The van der Waals surface area contributed by atoms with Gasteiger partial charge in [-0.25, -0.2) is 9.18 Å². The van der Waals surface area contributed by atoms with Crippen molar-refractivity contribution in [2.24, 2.45) is 0 Å². The number of hydrogen-bond acceptors (Lipinski definition) is 5. The average molecular weight is 259 g/mol. The highest BCUT2D eigenvalue weighted by molar-refractivity contribution is 5.90. The zero-order valence-electron chi connectivity index (χ0n) is 8.89. The molecule has 18 heavy (non-hydrogen) atoms. The molecule has 2 rings (SSSR count). The lowest BCUT2D eigenvalue weighted by Gasteiger charge is -2.25. The maximum absolute atomic E-state index is 13.4. The Morgan fingerprint density at radius 3 is 2.56 bits per heavy atom. The Balaban J connectivity index is 2.24. The van der Waals surface area contributed by atoms with Gasteiger partial charge in [-0.2, -0.15) is 4.39 Å². The maximum atomic E-state index is 13.4.